The molecule has 1 aromatic heterocycles. The van der Waals surface area contributed by atoms with Gasteiger partial charge in [-0.15, -0.1) is 5.10 Å². The van der Waals surface area contributed by atoms with Gasteiger partial charge < -0.3 is 9.47 Å². The summed E-state index contributed by atoms with van der Waals surface area (Å²) in [5.74, 6) is 1.10. The molecule has 1 aliphatic heterocycles. The Balaban J connectivity index is 1.57. The number of benzene rings is 1. The zero-order valence-electron chi connectivity index (χ0n) is 12.7. The average Bonchev–Trinajstić information content (AvgIpc) is 3.07. The fourth-order valence-electron chi connectivity index (χ4n) is 2.20. The molecule has 2 aromatic rings. The van der Waals surface area contributed by atoms with Gasteiger partial charge in [0, 0.05) is 11.4 Å². The van der Waals surface area contributed by atoms with Crippen molar-refractivity contribution in [2.75, 3.05) is 0 Å². The van der Waals surface area contributed by atoms with Crippen molar-refractivity contribution in [2.45, 2.75) is 43.4 Å². The number of cyclic esters (lactones) is 1. The number of thioether (sulfide) groups is 1. The fraction of sp³-hybridized carbons (Fsp3) is 0.400. The number of hydrogen-bond donors (Lipinski definition) is 1. The van der Waals surface area contributed by atoms with E-state index in [1.807, 2.05) is 19.9 Å². The molecule has 2 heterocycles. The lowest BCUT2D eigenvalue weighted by molar-refractivity contribution is -0.140. The Morgan fingerprint density at radius 3 is 3.04 bits per heavy atom. The molecular formula is C15H16ClN3O3S. The molecule has 0 saturated carbocycles. The number of nitrogens with one attached hydrogen (secondary N) is 1. The first-order valence-corrected chi connectivity index (χ1v) is 8.44. The first kappa shape index (κ1) is 16.1. The normalized spacial score (nSPS) is 20.6. The number of ether oxygens (including phenoxy) is 2. The zero-order valence-corrected chi connectivity index (χ0v) is 14.3. The fourth-order valence-corrected chi connectivity index (χ4v) is 3.35. The number of nitrogens with zero attached hydrogens (tertiary/aromatic N) is 2. The van der Waals surface area contributed by atoms with E-state index >= 15 is 0 Å². The molecule has 1 fully saturated rings. The third kappa shape index (κ3) is 3.97. The van der Waals surface area contributed by atoms with Gasteiger partial charge in [0.2, 0.25) is 5.16 Å². The van der Waals surface area contributed by atoms with E-state index in [2.05, 4.69) is 15.2 Å². The Bertz CT molecular complexity index is 722. The molecule has 3 rings (SSSR count). The second-order valence-electron chi connectivity index (χ2n) is 5.35. The summed E-state index contributed by atoms with van der Waals surface area (Å²) < 4.78 is 10.8. The molecule has 2 atom stereocenters. The molecular weight excluding hydrogens is 338 g/mol. The maximum atomic E-state index is 11.6. The van der Waals surface area contributed by atoms with Gasteiger partial charge in [-0.2, -0.15) is 0 Å². The van der Waals surface area contributed by atoms with Crippen LogP contribution in [0.4, 0.5) is 0 Å². The third-order valence-electron chi connectivity index (χ3n) is 3.39. The lowest BCUT2D eigenvalue weighted by Gasteiger charge is -2.05. The molecule has 23 heavy (non-hydrogen) atoms. The van der Waals surface area contributed by atoms with E-state index in [0.29, 0.717) is 28.2 Å². The van der Waals surface area contributed by atoms with Crippen LogP contribution in [0.15, 0.2) is 23.4 Å². The van der Waals surface area contributed by atoms with Crippen LogP contribution in [0.25, 0.3) is 0 Å². The van der Waals surface area contributed by atoms with E-state index < -0.39 is 0 Å². The van der Waals surface area contributed by atoms with E-state index in [-0.39, 0.29) is 23.9 Å². The summed E-state index contributed by atoms with van der Waals surface area (Å²) in [5.41, 5.74) is 0.951. The number of esters is 1. The molecule has 8 heteroatoms. The van der Waals surface area contributed by atoms with Crippen LogP contribution in [0.2, 0.25) is 5.02 Å². The van der Waals surface area contributed by atoms with Crippen LogP contribution in [-0.4, -0.2) is 32.5 Å². The number of rotatable bonds is 5. The van der Waals surface area contributed by atoms with Crippen LogP contribution in [-0.2, 0) is 16.1 Å². The lowest BCUT2D eigenvalue weighted by atomic mass is 10.2. The van der Waals surface area contributed by atoms with Crippen molar-refractivity contribution in [2.24, 2.45) is 0 Å². The van der Waals surface area contributed by atoms with Gasteiger partial charge in [0.25, 0.3) is 0 Å². The second kappa shape index (κ2) is 6.80. The quantitative estimate of drug-likeness (QED) is 0.832. The van der Waals surface area contributed by atoms with Crippen molar-refractivity contribution in [1.82, 2.24) is 15.2 Å². The summed E-state index contributed by atoms with van der Waals surface area (Å²) in [6, 6.07) is 5.46. The Labute approximate surface area is 142 Å². The van der Waals surface area contributed by atoms with Crippen LogP contribution in [0.5, 0.6) is 5.75 Å². The van der Waals surface area contributed by atoms with E-state index in [4.69, 9.17) is 21.1 Å². The standard InChI is InChI=1S/C15H16ClN3O3S/c1-8-5-10(3-4-11(8)16)21-7-13-17-15(19-18-13)23-12-6-9(2)22-14(12)20/h3-5,9,12H,6-7H2,1-2H3,(H,17,18,19)/t9-,12+/m1/s1. The topological polar surface area (TPSA) is 77.1 Å². The van der Waals surface area contributed by atoms with Gasteiger partial charge in [-0.1, -0.05) is 23.4 Å². The molecule has 122 valence electrons. The molecule has 0 radical (unpaired) electrons. The SMILES string of the molecule is Cc1cc(OCc2nc(S[C@H]3C[C@@H](C)OC3=O)n[nH]2)ccc1Cl. The number of hydrogen-bond acceptors (Lipinski definition) is 6. The summed E-state index contributed by atoms with van der Waals surface area (Å²) in [4.78, 5) is 15.9. The molecule has 1 saturated heterocycles. The Morgan fingerprint density at radius 1 is 1.52 bits per heavy atom. The van der Waals surface area contributed by atoms with Gasteiger partial charge in [-0.05, 0) is 37.6 Å². The minimum Gasteiger partial charge on any atom is -0.486 e. The van der Waals surface area contributed by atoms with Gasteiger partial charge in [-0.3, -0.25) is 9.89 Å². The number of aromatic amines is 1. The van der Waals surface area contributed by atoms with Gasteiger partial charge >= 0.3 is 5.97 Å². The first-order chi connectivity index (χ1) is 11.0. The van der Waals surface area contributed by atoms with Crippen molar-refractivity contribution in [1.29, 1.82) is 0 Å². The summed E-state index contributed by atoms with van der Waals surface area (Å²) in [6.07, 6.45) is 0.628. The van der Waals surface area contributed by atoms with Gasteiger partial charge in [-0.25, -0.2) is 4.98 Å². The molecule has 1 aliphatic rings. The smallest absolute Gasteiger partial charge is 0.319 e. The Morgan fingerprint density at radius 2 is 2.35 bits per heavy atom. The molecule has 0 bridgehead atoms. The summed E-state index contributed by atoms with van der Waals surface area (Å²) in [5, 5.41) is 7.90. The highest BCUT2D eigenvalue weighted by Gasteiger charge is 2.33. The van der Waals surface area contributed by atoms with Crippen molar-refractivity contribution in [3.63, 3.8) is 0 Å². The van der Waals surface area contributed by atoms with Gasteiger partial charge in [0.15, 0.2) is 5.82 Å². The minimum absolute atomic E-state index is 0.0464. The molecule has 0 unspecified atom stereocenters. The number of carbonyl (C=O) groups excluding carboxylic acids is 1. The molecule has 6 nitrogen and oxygen atoms in total. The van der Waals surface area contributed by atoms with Crippen molar-refractivity contribution in [3.05, 3.63) is 34.6 Å². The predicted molar refractivity (Wildman–Crippen MR) is 86.7 cm³/mol. The van der Waals surface area contributed by atoms with Crippen LogP contribution >= 0.6 is 23.4 Å². The zero-order chi connectivity index (χ0) is 16.4. The van der Waals surface area contributed by atoms with E-state index in [9.17, 15) is 4.79 Å². The highest BCUT2D eigenvalue weighted by atomic mass is 35.5. The lowest BCUT2D eigenvalue weighted by Crippen LogP contribution is -2.09. The largest absolute Gasteiger partial charge is 0.486 e. The predicted octanol–water partition coefficient (Wildman–Crippen LogP) is 3.14. The second-order valence-corrected chi connectivity index (χ2v) is 6.93. The third-order valence-corrected chi connectivity index (χ3v) is 4.88. The number of carbonyl (C=O) groups is 1. The van der Waals surface area contributed by atoms with Crippen molar-refractivity contribution < 1.29 is 14.3 Å². The number of halogens is 1. The molecule has 0 aliphatic carbocycles. The summed E-state index contributed by atoms with van der Waals surface area (Å²) in [7, 11) is 0. The average molecular weight is 354 g/mol. The summed E-state index contributed by atoms with van der Waals surface area (Å²) in [6.45, 7) is 4.06. The van der Waals surface area contributed by atoms with Crippen LogP contribution in [0.3, 0.4) is 0 Å². The van der Waals surface area contributed by atoms with E-state index in [0.717, 1.165) is 5.56 Å². The maximum Gasteiger partial charge on any atom is 0.319 e. The molecule has 0 amide bonds. The summed E-state index contributed by atoms with van der Waals surface area (Å²) >= 11 is 7.29. The van der Waals surface area contributed by atoms with E-state index in [1.54, 1.807) is 12.1 Å². The van der Waals surface area contributed by atoms with E-state index in [1.165, 1.54) is 11.8 Å². The van der Waals surface area contributed by atoms with Gasteiger partial charge in [0.05, 0.1) is 0 Å². The molecule has 1 N–H and O–H groups in total. The number of H-pyrrole nitrogens is 1. The molecule has 0 spiro atoms. The van der Waals surface area contributed by atoms with Gasteiger partial charge in [0.1, 0.15) is 23.7 Å². The van der Waals surface area contributed by atoms with Crippen molar-refractivity contribution in [3.8, 4) is 5.75 Å². The maximum absolute atomic E-state index is 11.6. The highest BCUT2D eigenvalue weighted by Crippen LogP contribution is 2.30. The monoisotopic (exact) mass is 353 g/mol. The minimum atomic E-state index is -0.242. The number of aryl methyl sites for hydroxylation is 1. The molecule has 1 aromatic carbocycles. The van der Waals surface area contributed by atoms with Crippen LogP contribution in [0, 0.1) is 6.92 Å². The van der Waals surface area contributed by atoms with Crippen molar-refractivity contribution >= 4 is 29.3 Å². The van der Waals surface area contributed by atoms with Crippen LogP contribution < -0.4 is 4.74 Å². The Kier molecular flexibility index (Phi) is 4.77. The number of aromatic nitrogens is 3. The van der Waals surface area contributed by atoms with Crippen LogP contribution in [0.1, 0.15) is 24.7 Å². The highest BCUT2D eigenvalue weighted by molar-refractivity contribution is 8.00. The Hall–Kier alpha value is -1.73. The first-order valence-electron chi connectivity index (χ1n) is 7.18.